The van der Waals surface area contributed by atoms with Gasteiger partial charge in [0.05, 0.1) is 0 Å². The molecule has 0 bridgehead atoms. The number of nitrogens with zero attached hydrogens (tertiary/aromatic N) is 1. The second-order valence-corrected chi connectivity index (χ2v) is 5.53. The van der Waals surface area contributed by atoms with Gasteiger partial charge in [-0.15, -0.1) is 0 Å². The van der Waals surface area contributed by atoms with Gasteiger partial charge in [0.2, 0.25) is 0 Å². The van der Waals surface area contributed by atoms with Crippen LogP contribution < -0.4 is 5.32 Å². The predicted molar refractivity (Wildman–Crippen MR) is 72.9 cm³/mol. The normalized spacial score (nSPS) is 26.7. The number of anilines is 1. The fourth-order valence-electron chi connectivity index (χ4n) is 2.22. The molecule has 3 heteroatoms. The molecule has 2 unspecified atom stereocenters. The molecule has 2 rings (SSSR count). The molecule has 0 saturated carbocycles. The van der Waals surface area contributed by atoms with Crippen LogP contribution >= 0.6 is 15.9 Å². The number of piperidine rings is 1. The summed E-state index contributed by atoms with van der Waals surface area (Å²) in [6.07, 6.45) is 2.44. The van der Waals surface area contributed by atoms with Crippen molar-refractivity contribution in [2.75, 3.05) is 18.9 Å². The van der Waals surface area contributed by atoms with E-state index in [-0.39, 0.29) is 0 Å². The molecule has 1 fully saturated rings. The lowest BCUT2D eigenvalue weighted by molar-refractivity contribution is 0.190. The molecule has 0 spiro atoms. The SMILES string of the molecule is CC1CC(Nc2ccccc2Br)CCN1C. The summed E-state index contributed by atoms with van der Waals surface area (Å²) < 4.78 is 1.15. The maximum atomic E-state index is 3.63. The highest BCUT2D eigenvalue weighted by molar-refractivity contribution is 9.10. The molecule has 0 amide bonds. The van der Waals surface area contributed by atoms with Crippen molar-refractivity contribution in [1.82, 2.24) is 4.90 Å². The second-order valence-electron chi connectivity index (χ2n) is 4.68. The van der Waals surface area contributed by atoms with Crippen molar-refractivity contribution in [1.29, 1.82) is 0 Å². The molecule has 2 atom stereocenters. The Hall–Kier alpha value is -0.540. The summed E-state index contributed by atoms with van der Waals surface area (Å²) in [5.74, 6) is 0. The third-order valence-corrected chi connectivity index (χ3v) is 4.13. The van der Waals surface area contributed by atoms with E-state index >= 15 is 0 Å². The monoisotopic (exact) mass is 282 g/mol. The first-order valence-corrected chi connectivity index (χ1v) is 6.67. The molecule has 0 aliphatic carbocycles. The molecule has 1 saturated heterocycles. The van der Waals surface area contributed by atoms with Crippen LogP contribution in [0.5, 0.6) is 0 Å². The minimum absolute atomic E-state index is 0.602. The van der Waals surface area contributed by atoms with E-state index in [0.29, 0.717) is 12.1 Å². The quantitative estimate of drug-likeness (QED) is 0.895. The van der Waals surface area contributed by atoms with E-state index in [1.54, 1.807) is 0 Å². The Balaban J connectivity index is 1.98. The summed E-state index contributed by atoms with van der Waals surface area (Å²) in [7, 11) is 2.21. The van der Waals surface area contributed by atoms with Crippen molar-refractivity contribution in [3.05, 3.63) is 28.7 Å². The number of rotatable bonds is 2. The maximum Gasteiger partial charge on any atom is 0.0486 e. The number of likely N-dealkylation sites (tertiary alicyclic amines) is 1. The lowest BCUT2D eigenvalue weighted by Gasteiger charge is -2.35. The molecular formula is C13H19BrN2. The van der Waals surface area contributed by atoms with Crippen LogP contribution in [0, 0.1) is 0 Å². The van der Waals surface area contributed by atoms with E-state index in [1.807, 2.05) is 6.07 Å². The summed E-state index contributed by atoms with van der Waals surface area (Å²) in [6, 6.07) is 9.62. The first-order valence-electron chi connectivity index (χ1n) is 5.88. The zero-order valence-electron chi connectivity index (χ0n) is 9.91. The van der Waals surface area contributed by atoms with Crippen LogP contribution in [0.25, 0.3) is 0 Å². The van der Waals surface area contributed by atoms with Gasteiger partial charge in [0.25, 0.3) is 0 Å². The van der Waals surface area contributed by atoms with Crippen LogP contribution in [-0.4, -0.2) is 30.6 Å². The number of hydrogen-bond acceptors (Lipinski definition) is 2. The fourth-order valence-corrected chi connectivity index (χ4v) is 2.62. The number of benzene rings is 1. The molecule has 2 nitrogen and oxygen atoms in total. The summed E-state index contributed by atoms with van der Waals surface area (Å²) in [5.41, 5.74) is 1.21. The Kier molecular flexibility index (Phi) is 3.87. The molecule has 88 valence electrons. The van der Waals surface area contributed by atoms with Gasteiger partial charge in [-0.3, -0.25) is 0 Å². The van der Waals surface area contributed by atoms with Crippen LogP contribution in [0.15, 0.2) is 28.7 Å². The van der Waals surface area contributed by atoms with Crippen molar-refractivity contribution in [3.8, 4) is 0 Å². The van der Waals surface area contributed by atoms with Crippen LogP contribution in [-0.2, 0) is 0 Å². The minimum atomic E-state index is 0.602. The van der Waals surface area contributed by atoms with Crippen molar-refractivity contribution < 1.29 is 0 Å². The second kappa shape index (κ2) is 5.19. The molecule has 1 aliphatic rings. The Bertz CT molecular complexity index is 354. The third kappa shape index (κ3) is 2.77. The maximum absolute atomic E-state index is 3.63. The smallest absolute Gasteiger partial charge is 0.0486 e. The van der Waals surface area contributed by atoms with Crippen molar-refractivity contribution in [2.24, 2.45) is 0 Å². The van der Waals surface area contributed by atoms with Gasteiger partial charge in [0.1, 0.15) is 0 Å². The van der Waals surface area contributed by atoms with Crippen LogP contribution in [0.3, 0.4) is 0 Å². The Morgan fingerprint density at radius 2 is 2.12 bits per heavy atom. The van der Waals surface area contributed by atoms with Crippen molar-refractivity contribution in [3.63, 3.8) is 0 Å². The largest absolute Gasteiger partial charge is 0.381 e. The van der Waals surface area contributed by atoms with Crippen molar-refractivity contribution in [2.45, 2.75) is 31.8 Å². The molecule has 16 heavy (non-hydrogen) atoms. The first-order chi connectivity index (χ1) is 7.66. The number of para-hydroxylation sites is 1. The zero-order valence-corrected chi connectivity index (χ0v) is 11.5. The Labute approximate surface area is 106 Å². The summed E-state index contributed by atoms with van der Waals surface area (Å²) in [4.78, 5) is 2.43. The van der Waals surface area contributed by atoms with Gasteiger partial charge in [-0.05, 0) is 54.9 Å². The fraction of sp³-hybridized carbons (Fsp3) is 0.538. The molecule has 1 aromatic rings. The van der Waals surface area contributed by atoms with Gasteiger partial charge in [-0.2, -0.15) is 0 Å². The highest BCUT2D eigenvalue weighted by Gasteiger charge is 2.22. The standard InChI is InChI=1S/C13H19BrN2/c1-10-9-11(7-8-16(10)2)15-13-6-4-3-5-12(13)14/h3-6,10-11,15H,7-9H2,1-2H3. The third-order valence-electron chi connectivity index (χ3n) is 3.44. The van der Waals surface area contributed by atoms with Gasteiger partial charge in [0.15, 0.2) is 0 Å². The minimum Gasteiger partial charge on any atom is -0.381 e. The Morgan fingerprint density at radius 1 is 1.38 bits per heavy atom. The van der Waals surface area contributed by atoms with E-state index in [1.165, 1.54) is 25.1 Å². The van der Waals surface area contributed by atoms with Gasteiger partial charge < -0.3 is 10.2 Å². The lowest BCUT2D eigenvalue weighted by atomic mass is 9.99. The number of halogens is 1. The molecule has 1 aromatic carbocycles. The molecular weight excluding hydrogens is 264 g/mol. The Morgan fingerprint density at radius 3 is 2.81 bits per heavy atom. The molecule has 0 radical (unpaired) electrons. The lowest BCUT2D eigenvalue weighted by Crippen LogP contribution is -2.42. The van der Waals surface area contributed by atoms with E-state index in [4.69, 9.17) is 0 Å². The zero-order chi connectivity index (χ0) is 11.5. The summed E-state index contributed by atoms with van der Waals surface area (Å²) in [6.45, 7) is 3.48. The number of nitrogens with one attached hydrogen (secondary N) is 1. The van der Waals surface area contributed by atoms with E-state index < -0.39 is 0 Å². The van der Waals surface area contributed by atoms with Gasteiger partial charge in [-0.1, -0.05) is 12.1 Å². The van der Waals surface area contributed by atoms with E-state index in [9.17, 15) is 0 Å². The van der Waals surface area contributed by atoms with Gasteiger partial charge in [-0.25, -0.2) is 0 Å². The average molecular weight is 283 g/mol. The van der Waals surface area contributed by atoms with Crippen LogP contribution in [0.4, 0.5) is 5.69 Å². The molecule has 1 aliphatic heterocycles. The van der Waals surface area contributed by atoms with Gasteiger partial charge >= 0.3 is 0 Å². The first kappa shape index (κ1) is 11.9. The molecule has 1 heterocycles. The van der Waals surface area contributed by atoms with Gasteiger partial charge in [0, 0.05) is 28.8 Å². The molecule has 1 N–H and O–H groups in total. The topological polar surface area (TPSA) is 15.3 Å². The highest BCUT2D eigenvalue weighted by Crippen LogP contribution is 2.25. The highest BCUT2D eigenvalue weighted by atomic mass is 79.9. The van der Waals surface area contributed by atoms with E-state index in [0.717, 1.165) is 4.47 Å². The van der Waals surface area contributed by atoms with Crippen LogP contribution in [0.2, 0.25) is 0 Å². The predicted octanol–water partition coefficient (Wildman–Crippen LogP) is 3.34. The van der Waals surface area contributed by atoms with Crippen molar-refractivity contribution >= 4 is 21.6 Å². The summed E-state index contributed by atoms with van der Waals surface area (Å²) >= 11 is 3.58. The summed E-state index contributed by atoms with van der Waals surface area (Å²) in [5, 5.41) is 3.63. The number of hydrogen-bond donors (Lipinski definition) is 1. The molecule has 0 aromatic heterocycles. The average Bonchev–Trinajstić information content (AvgIpc) is 2.27. The van der Waals surface area contributed by atoms with E-state index in [2.05, 4.69) is 58.3 Å². The van der Waals surface area contributed by atoms with Crippen LogP contribution in [0.1, 0.15) is 19.8 Å².